The molecule has 1 amide bonds. The molecule has 0 aliphatic carbocycles. The number of methoxy groups -OCH3 is 1. The molecular formula is C34H24FN5O4. The van der Waals surface area contributed by atoms with E-state index in [2.05, 4.69) is 10.4 Å². The number of aromatic nitrogens is 3. The van der Waals surface area contributed by atoms with Crippen LogP contribution >= 0.6 is 0 Å². The number of hydrogen-bond donors (Lipinski definition) is 1. The van der Waals surface area contributed by atoms with E-state index in [-0.39, 0.29) is 23.8 Å². The number of anilines is 1. The van der Waals surface area contributed by atoms with Gasteiger partial charge in [-0.1, -0.05) is 42.5 Å². The molecule has 0 fully saturated rings. The van der Waals surface area contributed by atoms with Crippen LogP contribution in [0.25, 0.3) is 44.4 Å². The molecule has 10 heteroatoms. The maximum absolute atomic E-state index is 13.8. The van der Waals surface area contributed by atoms with Crippen molar-refractivity contribution in [1.82, 2.24) is 14.2 Å². The van der Waals surface area contributed by atoms with E-state index in [0.29, 0.717) is 39.2 Å². The van der Waals surface area contributed by atoms with E-state index in [1.807, 2.05) is 48.5 Å². The second-order valence-corrected chi connectivity index (χ2v) is 10.1. The number of carbonyl (C=O) groups excluding carboxylic acids is 1. The normalized spacial score (nSPS) is 11.6. The summed E-state index contributed by atoms with van der Waals surface area (Å²) in [4.78, 5) is 31.4. The summed E-state index contributed by atoms with van der Waals surface area (Å²) >= 11 is 0. The van der Waals surface area contributed by atoms with Crippen LogP contribution in [0.1, 0.15) is 5.56 Å². The maximum atomic E-state index is 13.8. The van der Waals surface area contributed by atoms with E-state index in [4.69, 9.17) is 14.1 Å². The standard InChI is InChI=1S/C34H24FN5O4/c1-43-29-14-7-15-30-26(29)17-31(44-30)33-38-27-12-4-2-11-25(27)34(42)40(33)36-18-21-19-39(28-13-5-3-10-24(21)28)20-32(41)37-23-9-6-8-22(35)16-23/h2-19H,20H2,1H3,(H,37,41). The third-order valence-electron chi connectivity index (χ3n) is 7.27. The minimum Gasteiger partial charge on any atom is -0.496 e. The first-order chi connectivity index (χ1) is 21.5. The molecule has 44 heavy (non-hydrogen) atoms. The van der Waals surface area contributed by atoms with Crippen molar-refractivity contribution < 1.29 is 18.3 Å². The van der Waals surface area contributed by atoms with Gasteiger partial charge in [0.2, 0.25) is 11.7 Å². The summed E-state index contributed by atoms with van der Waals surface area (Å²) in [5.41, 5.74) is 2.55. The smallest absolute Gasteiger partial charge is 0.282 e. The van der Waals surface area contributed by atoms with Gasteiger partial charge in [0.15, 0.2) is 5.76 Å². The molecule has 9 nitrogen and oxygen atoms in total. The average Bonchev–Trinajstić information content (AvgIpc) is 3.62. The first-order valence-corrected chi connectivity index (χ1v) is 13.7. The molecule has 0 radical (unpaired) electrons. The highest BCUT2D eigenvalue weighted by atomic mass is 19.1. The van der Waals surface area contributed by atoms with Gasteiger partial charge in [0.25, 0.3) is 5.56 Å². The van der Waals surface area contributed by atoms with E-state index < -0.39 is 5.82 Å². The van der Waals surface area contributed by atoms with Crippen LogP contribution < -0.4 is 15.6 Å². The minimum absolute atomic E-state index is 0.0194. The topological polar surface area (TPSA) is 104 Å². The van der Waals surface area contributed by atoms with E-state index in [1.165, 1.54) is 22.9 Å². The first-order valence-electron chi connectivity index (χ1n) is 13.7. The molecule has 7 rings (SSSR count). The molecule has 3 aromatic heterocycles. The van der Waals surface area contributed by atoms with Crippen LogP contribution in [0.15, 0.2) is 118 Å². The number of halogens is 1. The lowest BCUT2D eigenvalue weighted by Gasteiger charge is -2.07. The molecule has 0 spiro atoms. The van der Waals surface area contributed by atoms with Gasteiger partial charge in [-0.3, -0.25) is 9.59 Å². The molecule has 1 N–H and O–H groups in total. The molecule has 7 aromatic rings. The summed E-state index contributed by atoms with van der Waals surface area (Å²) in [6, 6.07) is 27.6. The van der Waals surface area contributed by atoms with Gasteiger partial charge in [0.1, 0.15) is 23.7 Å². The number of fused-ring (bicyclic) bond motifs is 3. The van der Waals surface area contributed by atoms with Gasteiger partial charge in [0.05, 0.1) is 29.6 Å². The number of hydrogen-bond acceptors (Lipinski definition) is 6. The van der Waals surface area contributed by atoms with Crippen molar-refractivity contribution in [2.75, 3.05) is 12.4 Å². The fraction of sp³-hybridized carbons (Fsp3) is 0.0588. The van der Waals surface area contributed by atoms with Crippen molar-refractivity contribution in [3.8, 4) is 17.3 Å². The molecule has 3 heterocycles. The zero-order valence-corrected chi connectivity index (χ0v) is 23.4. The minimum atomic E-state index is -0.438. The SMILES string of the molecule is COc1cccc2oc(-c3nc4ccccc4c(=O)n3N=Cc3cn(CC(=O)Nc4cccc(F)c4)c4ccccc34)cc12. The highest BCUT2D eigenvalue weighted by Gasteiger charge is 2.18. The van der Waals surface area contributed by atoms with Crippen molar-refractivity contribution >= 4 is 50.6 Å². The lowest BCUT2D eigenvalue weighted by Crippen LogP contribution is -2.20. The van der Waals surface area contributed by atoms with Crippen molar-refractivity contribution in [3.05, 3.63) is 125 Å². The molecular weight excluding hydrogens is 561 g/mol. The van der Waals surface area contributed by atoms with Crippen LogP contribution in [0.4, 0.5) is 10.1 Å². The summed E-state index contributed by atoms with van der Waals surface area (Å²) in [5.74, 6) is 0.442. The zero-order chi connectivity index (χ0) is 30.2. The third-order valence-corrected chi connectivity index (χ3v) is 7.27. The fourth-order valence-corrected chi connectivity index (χ4v) is 5.26. The van der Waals surface area contributed by atoms with E-state index >= 15 is 0 Å². The van der Waals surface area contributed by atoms with Gasteiger partial charge in [-0.05, 0) is 54.6 Å². The zero-order valence-electron chi connectivity index (χ0n) is 23.4. The average molecular weight is 586 g/mol. The van der Waals surface area contributed by atoms with E-state index in [9.17, 15) is 14.0 Å². The van der Waals surface area contributed by atoms with Gasteiger partial charge in [-0.2, -0.15) is 9.78 Å². The maximum Gasteiger partial charge on any atom is 0.282 e. The predicted octanol–water partition coefficient (Wildman–Crippen LogP) is 6.43. The number of furan rings is 1. The number of para-hydroxylation sites is 2. The van der Waals surface area contributed by atoms with Crippen LogP contribution in [-0.4, -0.2) is 33.5 Å². The number of rotatable bonds is 7. The Hall–Kier alpha value is -6.03. The van der Waals surface area contributed by atoms with Crippen LogP contribution in [0.3, 0.4) is 0 Å². The summed E-state index contributed by atoms with van der Waals surface area (Å²) in [6.45, 7) is -0.0194. The van der Waals surface area contributed by atoms with Gasteiger partial charge in [-0.25, -0.2) is 9.37 Å². The van der Waals surface area contributed by atoms with Crippen molar-refractivity contribution in [3.63, 3.8) is 0 Å². The lowest BCUT2D eigenvalue weighted by atomic mass is 10.2. The Labute approximate surface area is 249 Å². The van der Waals surface area contributed by atoms with Crippen molar-refractivity contribution in [1.29, 1.82) is 0 Å². The third kappa shape index (κ3) is 4.88. The molecule has 216 valence electrons. The number of ether oxygens (including phenoxy) is 1. The lowest BCUT2D eigenvalue weighted by molar-refractivity contribution is -0.116. The van der Waals surface area contributed by atoms with Crippen LogP contribution in [0.2, 0.25) is 0 Å². The molecule has 0 atom stereocenters. The van der Waals surface area contributed by atoms with Gasteiger partial charge in [0, 0.05) is 28.4 Å². The predicted molar refractivity (Wildman–Crippen MR) is 168 cm³/mol. The first kappa shape index (κ1) is 26.8. The Balaban J connectivity index is 1.30. The summed E-state index contributed by atoms with van der Waals surface area (Å²) < 4.78 is 28.2. The number of amides is 1. The summed E-state index contributed by atoms with van der Waals surface area (Å²) in [7, 11) is 1.58. The van der Waals surface area contributed by atoms with Crippen LogP contribution in [0, 0.1) is 5.82 Å². The van der Waals surface area contributed by atoms with Gasteiger partial charge >= 0.3 is 0 Å². The molecule has 0 bridgehead atoms. The molecule has 0 aliphatic rings. The number of nitrogens with one attached hydrogen (secondary N) is 1. The Morgan fingerprint density at radius 2 is 1.77 bits per heavy atom. The Kier molecular flexibility index (Phi) is 6.71. The quantitative estimate of drug-likeness (QED) is 0.217. The molecule has 4 aromatic carbocycles. The second kappa shape index (κ2) is 11.0. The largest absolute Gasteiger partial charge is 0.496 e. The van der Waals surface area contributed by atoms with Crippen molar-refractivity contribution in [2.45, 2.75) is 6.54 Å². The molecule has 0 aliphatic heterocycles. The molecule has 0 unspecified atom stereocenters. The Bertz CT molecular complexity index is 2300. The Morgan fingerprint density at radius 1 is 0.977 bits per heavy atom. The van der Waals surface area contributed by atoms with E-state index in [1.54, 1.807) is 54.4 Å². The highest BCUT2D eigenvalue weighted by Crippen LogP contribution is 2.33. The van der Waals surface area contributed by atoms with Crippen molar-refractivity contribution in [2.24, 2.45) is 5.10 Å². The van der Waals surface area contributed by atoms with Gasteiger partial charge < -0.3 is 19.0 Å². The number of benzene rings is 4. The number of nitrogens with zero attached hydrogens (tertiary/aromatic N) is 4. The fourth-order valence-electron chi connectivity index (χ4n) is 5.26. The molecule has 0 saturated carbocycles. The molecule has 0 saturated heterocycles. The van der Waals surface area contributed by atoms with Crippen LogP contribution in [0.5, 0.6) is 5.75 Å². The van der Waals surface area contributed by atoms with E-state index in [0.717, 1.165) is 16.3 Å². The monoisotopic (exact) mass is 585 g/mol. The number of carbonyl (C=O) groups is 1. The van der Waals surface area contributed by atoms with Crippen LogP contribution in [-0.2, 0) is 11.3 Å². The van der Waals surface area contributed by atoms with Gasteiger partial charge in [-0.15, -0.1) is 0 Å². The Morgan fingerprint density at radius 3 is 2.61 bits per heavy atom. The second-order valence-electron chi connectivity index (χ2n) is 10.1. The highest BCUT2D eigenvalue weighted by molar-refractivity contribution is 6.00. The summed E-state index contributed by atoms with van der Waals surface area (Å²) in [6.07, 6.45) is 3.35. The summed E-state index contributed by atoms with van der Waals surface area (Å²) in [5, 5.41) is 9.30.